The Bertz CT molecular complexity index is 1250. The van der Waals surface area contributed by atoms with Crippen molar-refractivity contribution >= 4 is 5.91 Å². The van der Waals surface area contributed by atoms with Gasteiger partial charge in [0.25, 0.3) is 0 Å². The molecule has 0 aromatic heterocycles. The molecule has 6 saturated heterocycles. The minimum Gasteiger partial charge on any atom is -0.394 e. The number of ether oxygens (including phenoxy) is 1. The molecule has 51 heavy (non-hydrogen) atoms. The van der Waals surface area contributed by atoms with E-state index in [1.807, 2.05) is 0 Å². The average molecular weight is 718 g/mol. The van der Waals surface area contributed by atoms with Gasteiger partial charge in [0, 0.05) is 60.7 Å². The lowest BCUT2D eigenvalue weighted by Gasteiger charge is -2.40. The Labute approximate surface area is 304 Å². The molecule has 10 N–H and O–H groups in total. The lowest BCUT2D eigenvalue weighted by atomic mass is 9.76. The maximum Gasteiger partial charge on any atom is 0.220 e. The predicted molar refractivity (Wildman–Crippen MR) is 193 cm³/mol. The van der Waals surface area contributed by atoms with Gasteiger partial charge < -0.3 is 56.9 Å². The highest BCUT2D eigenvalue weighted by molar-refractivity contribution is 5.76. The van der Waals surface area contributed by atoms with E-state index in [4.69, 9.17) is 4.74 Å². The van der Waals surface area contributed by atoms with Gasteiger partial charge in [0.2, 0.25) is 5.91 Å². The van der Waals surface area contributed by atoms with Crippen molar-refractivity contribution in [3.63, 3.8) is 0 Å². The summed E-state index contributed by atoms with van der Waals surface area (Å²) in [6.45, 7) is 15.6. The van der Waals surface area contributed by atoms with Gasteiger partial charge in [0.15, 0.2) is 6.29 Å². The lowest BCUT2D eigenvalue weighted by Crippen LogP contribution is -2.64. The summed E-state index contributed by atoms with van der Waals surface area (Å²) in [5, 5.41) is 71.8. The van der Waals surface area contributed by atoms with Crippen molar-refractivity contribution in [3.8, 4) is 0 Å². The number of aliphatic hydroxyl groups excluding tert-OH is 5. The molecule has 6 aliphatic heterocycles. The second kappa shape index (κ2) is 15.2. The van der Waals surface area contributed by atoms with E-state index in [9.17, 15) is 30.3 Å². The first-order valence-electron chi connectivity index (χ1n) is 20.3. The van der Waals surface area contributed by atoms with Crippen LogP contribution in [-0.2, 0) is 9.53 Å². The van der Waals surface area contributed by atoms with Crippen LogP contribution in [-0.4, -0.2) is 123 Å². The van der Waals surface area contributed by atoms with E-state index in [0.29, 0.717) is 66.2 Å². The first-order chi connectivity index (χ1) is 24.4. The van der Waals surface area contributed by atoms with E-state index in [1.165, 1.54) is 0 Å². The van der Waals surface area contributed by atoms with Crippen molar-refractivity contribution in [3.05, 3.63) is 12.7 Å². The Kier molecular flexibility index (Phi) is 11.3. The number of aliphatic hydroxyl groups is 5. The zero-order valence-electron chi connectivity index (χ0n) is 31.3. The van der Waals surface area contributed by atoms with Gasteiger partial charge in [-0.1, -0.05) is 47.1 Å². The molecule has 12 heteroatoms. The summed E-state index contributed by atoms with van der Waals surface area (Å²) in [7, 11) is 0. The largest absolute Gasteiger partial charge is 0.394 e. The van der Waals surface area contributed by atoms with E-state index < -0.39 is 37.3 Å². The molecule has 7 fully saturated rings. The van der Waals surface area contributed by atoms with Gasteiger partial charge in [-0.3, -0.25) is 4.79 Å². The Morgan fingerprint density at radius 1 is 0.784 bits per heavy atom. The molecular weight excluding hydrogens is 650 g/mol. The number of hydrogen-bond donors (Lipinski definition) is 10. The predicted octanol–water partition coefficient (Wildman–Crippen LogP) is 0.214. The minimum atomic E-state index is -1.55. The molecule has 0 spiro atoms. The van der Waals surface area contributed by atoms with E-state index in [1.54, 1.807) is 0 Å². The molecule has 1 aliphatic carbocycles. The summed E-state index contributed by atoms with van der Waals surface area (Å²) in [5.41, 5.74) is 0. The summed E-state index contributed by atoms with van der Waals surface area (Å²) in [6.07, 6.45) is 2.06. The quantitative estimate of drug-likeness (QED) is 0.162. The van der Waals surface area contributed by atoms with Crippen LogP contribution in [0.2, 0.25) is 0 Å². The molecule has 290 valence electrons. The van der Waals surface area contributed by atoms with Crippen LogP contribution in [0.1, 0.15) is 79.6 Å². The van der Waals surface area contributed by atoms with E-state index >= 15 is 0 Å². The fraction of sp³-hybridized carbons (Fsp3) is 0.923. The number of nitrogens with one attached hydrogen (secondary N) is 5. The van der Waals surface area contributed by atoms with Gasteiger partial charge in [-0.25, -0.2) is 0 Å². The van der Waals surface area contributed by atoms with Gasteiger partial charge in [-0.15, -0.1) is 6.58 Å². The Balaban J connectivity index is 1.13. The Hall–Kier alpha value is -1.19. The molecule has 23 atom stereocenters. The maximum absolute atomic E-state index is 13.4. The van der Waals surface area contributed by atoms with Gasteiger partial charge >= 0.3 is 0 Å². The number of hydrogen-bond acceptors (Lipinski definition) is 11. The molecule has 7 aliphatic rings. The zero-order chi connectivity index (χ0) is 36.5. The number of fused-ring (bicyclic) bond motifs is 8. The van der Waals surface area contributed by atoms with Gasteiger partial charge in [-0.05, 0) is 79.4 Å². The van der Waals surface area contributed by atoms with Crippen molar-refractivity contribution < 1.29 is 35.1 Å². The monoisotopic (exact) mass is 718 g/mol. The van der Waals surface area contributed by atoms with Crippen molar-refractivity contribution in [2.45, 2.75) is 165 Å². The number of amides is 1. The highest BCUT2D eigenvalue weighted by Gasteiger charge is 2.58. The van der Waals surface area contributed by atoms with Crippen LogP contribution in [0.25, 0.3) is 0 Å². The van der Waals surface area contributed by atoms with E-state index in [0.717, 1.165) is 32.1 Å². The van der Waals surface area contributed by atoms with Gasteiger partial charge in [0.1, 0.15) is 24.4 Å². The first-order valence-corrected chi connectivity index (χ1v) is 20.3. The number of rotatable bonds is 7. The first kappa shape index (κ1) is 38.1. The fourth-order valence-electron chi connectivity index (χ4n) is 12.7. The molecular formula is C39H67N5O7. The lowest BCUT2D eigenvalue weighted by molar-refractivity contribution is -0.253. The second-order valence-corrected chi connectivity index (χ2v) is 18.0. The van der Waals surface area contributed by atoms with Crippen LogP contribution in [0, 0.1) is 53.3 Å². The smallest absolute Gasteiger partial charge is 0.220 e. The van der Waals surface area contributed by atoms with Crippen LogP contribution in [0.3, 0.4) is 0 Å². The molecule has 7 rings (SSSR count). The molecule has 12 nitrogen and oxygen atoms in total. The topological polar surface area (TPSA) is 188 Å². The Morgan fingerprint density at radius 3 is 2.10 bits per heavy atom. The zero-order valence-corrected chi connectivity index (χ0v) is 31.3. The standard InChI is InChI=1S/C39H67N5O7/c1-7-20-16(3)24-12-26-18(5)22(9-10-32(47)44-36-38(49)37(48)31(15-45)51-39(36)50)34(42-26)23-11-30(46)33-19(6)27(43-35(23)33)14-29-21(8-2)17(4)25(41-29)13-28(20)40-24/h7,16-31,33-43,45-46,48-50H,1,8-15H2,2-6H3,(H,44,47). The van der Waals surface area contributed by atoms with Crippen molar-refractivity contribution in [1.29, 1.82) is 0 Å². The van der Waals surface area contributed by atoms with Crippen LogP contribution >= 0.6 is 0 Å². The van der Waals surface area contributed by atoms with E-state index in [-0.39, 0.29) is 60.2 Å². The second-order valence-electron chi connectivity index (χ2n) is 18.0. The van der Waals surface area contributed by atoms with Crippen LogP contribution in [0.5, 0.6) is 0 Å². The summed E-state index contributed by atoms with van der Waals surface area (Å²) < 4.78 is 5.27. The summed E-state index contributed by atoms with van der Waals surface area (Å²) >= 11 is 0. The Morgan fingerprint density at radius 2 is 1.39 bits per heavy atom. The molecule has 0 radical (unpaired) electrons. The highest BCUT2D eigenvalue weighted by Crippen LogP contribution is 2.50. The molecule has 23 unspecified atom stereocenters. The molecule has 0 aromatic carbocycles. The van der Waals surface area contributed by atoms with Crippen LogP contribution in [0.15, 0.2) is 12.7 Å². The fourth-order valence-corrected chi connectivity index (χ4v) is 12.7. The maximum atomic E-state index is 13.4. The molecule has 1 amide bonds. The summed E-state index contributed by atoms with van der Waals surface area (Å²) in [5.74, 6) is 2.97. The summed E-state index contributed by atoms with van der Waals surface area (Å²) in [6, 6.07) is 1.29. The average Bonchev–Trinajstić information content (AvgIpc) is 3.85. The molecule has 6 heterocycles. The molecule has 1 saturated carbocycles. The SMILES string of the molecule is C=CC1C2CC3NC(CC4NC5C(CC(O)C5C4C)C4NC(CC(N2)C1C)C(C)C4CCC(=O)NC1C(O)OC(CO)C(O)C1O)C(CC)C3C. The van der Waals surface area contributed by atoms with Gasteiger partial charge in [0.05, 0.1) is 12.7 Å². The molecule has 0 aromatic rings. The highest BCUT2D eigenvalue weighted by atomic mass is 16.6. The number of carbonyl (C=O) groups is 1. The van der Waals surface area contributed by atoms with E-state index in [2.05, 4.69) is 73.9 Å². The van der Waals surface area contributed by atoms with Crippen molar-refractivity contribution in [1.82, 2.24) is 26.6 Å². The third kappa shape index (κ3) is 6.76. The van der Waals surface area contributed by atoms with Crippen LogP contribution in [0.4, 0.5) is 0 Å². The van der Waals surface area contributed by atoms with Crippen molar-refractivity contribution in [2.24, 2.45) is 53.3 Å². The van der Waals surface area contributed by atoms with Gasteiger partial charge in [-0.2, -0.15) is 0 Å². The normalized spacial score (nSPS) is 55.2. The number of carbonyl (C=O) groups excluding carboxylic acids is 1. The third-order valence-corrected chi connectivity index (χ3v) is 15.7. The third-order valence-electron chi connectivity index (χ3n) is 15.7. The van der Waals surface area contributed by atoms with Crippen molar-refractivity contribution in [2.75, 3.05) is 6.61 Å². The molecule has 8 bridgehead atoms. The minimum absolute atomic E-state index is 0.121. The summed E-state index contributed by atoms with van der Waals surface area (Å²) in [4.78, 5) is 13.4. The van der Waals surface area contributed by atoms with Crippen LogP contribution < -0.4 is 26.6 Å².